The maximum atomic E-state index is 6.64. The Hall–Kier alpha value is -5.74. The van der Waals surface area contributed by atoms with Gasteiger partial charge in [0.15, 0.2) is 0 Å². The highest BCUT2D eigenvalue weighted by molar-refractivity contribution is 5.63. The second-order valence-corrected chi connectivity index (χ2v) is 15.3. The van der Waals surface area contributed by atoms with Crippen LogP contribution in [0.25, 0.3) is 16.8 Å². The van der Waals surface area contributed by atoms with Gasteiger partial charge in [-0.2, -0.15) is 5.10 Å². The van der Waals surface area contributed by atoms with E-state index in [4.69, 9.17) is 9.72 Å². The Kier molecular flexibility index (Phi) is 8.95. The van der Waals surface area contributed by atoms with Crippen LogP contribution < -0.4 is 4.74 Å². The van der Waals surface area contributed by atoms with Crippen molar-refractivity contribution in [3.05, 3.63) is 198 Å². The first-order valence-corrected chi connectivity index (χ1v) is 17.6. The van der Waals surface area contributed by atoms with Gasteiger partial charge < -0.3 is 4.74 Å². The lowest BCUT2D eigenvalue weighted by Gasteiger charge is -2.36. The van der Waals surface area contributed by atoms with Gasteiger partial charge in [-0.25, -0.2) is 4.68 Å². The number of aromatic nitrogens is 3. The lowest BCUT2D eigenvalue weighted by Crippen LogP contribution is -2.32. The van der Waals surface area contributed by atoms with Crippen molar-refractivity contribution in [2.45, 2.75) is 57.8 Å². The number of rotatable bonds is 8. The van der Waals surface area contributed by atoms with Crippen LogP contribution >= 0.6 is 0 Å². The van der Waals surface area contributed by atoms with Crippen LogP contribution in [0.3, 0.4) is 0 Å². The molecule has 51 heavy (non-hydrogen) atoms. The van der Waals surface area contributed by atoms with Crippen molar-refractivity contribution >= 4 is 0 Å². The average Bonchev–Trinajstić information content (AvgIpc) is 3.64. The highest BCUT2D eigenvalue weighted by Gasteiger charge is 2.40. The van der Waals surface area contributed by atoms with Gasteiger partial charge in [0, 0.05) is 24.0 Å². The minimum atomic E-state index is -0.710. The van der Waals surface area contributed by atoms with Crippen molar-refractivity contribution in [2.24, 2.45) is 0 Å². The molecule has 4 heteroatoms. The van der Waals surface area contributed by atoms with E-state index in [1.165, 1.54) is 11.1 Å². The molecule has 0 aliphatic heterocycles. The highest BCUT2D eigenvalue weighted by atomic mass is 16.5. The third kappa shape index (κ3) is 6.87. The predicted octanol–water partition coefficient (Wildman–Crippen LogP) is 11.7. The number of pyridine rings is 1. The van der Waals surface area contributed by atoms with Crippen molar-refractivity contribution < 1.29 is 4.74 Å². The van der Waals surface area contributed by atoms with Crippen LogP contribution in [0.15, 0.2) is 164 Å². The van der Waals surface area contributed by atoms with Crippen LogP contribution in [0.1, 0.15) is 75.1 Å². The maximum absolute atomic E-state index is 6.64. The zero-order chi connectivity index (χ0) is 35.6. The zero-order valence-corrected chi connectivity index (χ0v) is 30.3. The van der Waals surface area contributed by atoms with Crippen LogP contribution in [0.5, 0.6) is 11.5 Å². The summed E-state index contributed by atoms with van der Waals surface area (Å²) in [6.07, 6.45) is 5.83. The van der Waals surface area contributed by atoms with Crippen LogP contribution in [0, 0.1) is 0 Å². The normalized spacial score (nSPS) is 12.1. The second-order valence-electron chi connectivity index (χ2n) is 15.3. The van der Waals surface area contributed by atoms with Gasteiger partial charge >= 0.3 is 0 Å². The molecule has 7 aromatic rings. The van der Waals surface area contributed by atoms with Gasteiger partial charge in [0.1, 0.15) is 11.5 Å². The predicted molar refractivity (Wildman–Crippen MR) is 209 cm³/mol. The summed E-state index contributed by atoms with van der Waals surface area (Å²) in [4.78, 5) is 5.05. The standard InChI is InChI=1S/C47H45N3O/c1-45(2,3)36-21-25-38(26-22-36)47(44-20-10-11-29-48-44,39-27-23-37(24-28-39)46(4,5)6)40-16-12-18-42(30-40)51-43-19-13-17-41(31-43)50-33-35(32-49-50)34-14-8-7-9-15-34/h7-33H,1-6H3. The molecule has 0 saturated carbocycles. The molecule has 0 radical (unpaired) electrons. The number of hydrogen-bond donors (Lipinski definition) is 0. The van der Waals surface area contributed by atoms with Crippen LogP contribution in [-0.4, -0.2) is 14.8 Å². The summed E-state index contributed by atoms with van der Waals surface area (Å²) in [5.74, 6) is 1.47. The third-order valence-corrected chi connectivity index (χ3v) is 9.69. The van der Waals surface area contributed by atoms with E-state index in [9.17, 15) is 0 Å². The number of nitrogens with zero attached hydrogens (tertiary/aromatic N) is 3. The van der Waals surface area contributed by atoms with Crippen LogP contribution in [0.2, 0.25) is 0 Å². The average molecular weight is 668 g/mol. The fraction of sp³-hybridized carbons (Fsp3) is 0.191. The molecular weight excluding hydrogens is 623 g/mol. The van der Waals surface area contributed by atoms with E-state index < -0.39 is 5.41 Å². The van der Waals surface area contributed by atoms with E-state index in [0.717, 1.165) is 50.7 Å². The first kappa shape index (κ1) is 33.7. The topological polar surface area (TPSA) is 39.9 Å². The molecule has 2 aromatic heterocycles. The van der Waals surface area contributed by atoms with Gasteiger partial charge in [-0.1, -0.05) is 145 Å². The molecule has 5 aromatic carbocycles. The molecule has 0 aliphatic carbocycles. The summed E-state index contributed by atoms with van der Waals surface area (Å²) >= 11 is 0. The molecular formula is C47H45N3O. The minimum Gasteiger partial charge on any atom is -0.457 e. The van der Waals surface area contributed by atoms with E-state index in [2.05, 4.69) is 138 Å². The second kappa shape index (κ2) is 13.5. The lowest BCUT2D eigenvalue weighted by atomic mass is 9.66. The molecule has 7 rings (SSSR count). The summed E-state index contributed by atoms with van der Waals surface area (Å²) in [7, 11) is 0. The number of benzene rings is 5. The molecule has 4 nitrogen and oxygen atoms in total. The van der Waals surface area contributed by atoms with E-state index >= 15 is 0 Å². The molecule has 254 valence electrons. The summed E-state index contributed by atoms with van der Waals surface area (Å²) < 4.78 is 8.53. The molecule has 0 aliphatic rings. The van der Waals surface area contributed by atoms with Crippen molar-refractivity contribution in [1.29, 1.82) is 0 Å². The van der Waals surface area contributed by atoms with Gasteiger partial charge in [0.25, 0.3) is 0 Å². The molecule has 0 fully saturated rings. The van der Waals surface area contributed by atoms with Crippen molar-refractivity contribution in [3.63, 3.8) is 0 Å². The highest BCUT2D eigenvalue weighted by Crippen LogP contribution is 2.46. The minimum absolute atomic E-state index is 0.0299. The first-order valence-electron chi connectivity index (χ1n) is 17.6. The molecule has 0 amide bonds. The monoisotopic (exact) mass is 667 g/mol. The fourth-order valence-corrected chi connectivity index (χ4v) is 6.83. The van der Waals surface area contributed by atoms with Crippen molar-refractivity contribution in [3.8, 4) is 28.3 Å². The third-order valence-electron chi connectivity index (χ3n) is 9.69. The molecule has 0 atom stereocenters. The Morgan fingerprint density at radius 1 is 0.490 bits per heavy atom. The van der Waals surface area contributed by atoms with Crippen molar-refractivity contribution in [1.82, 2.24) is 14.8 Å². The summed E-state index contributed by atoms with van der Waals surface area (Å²) in [5.41, 5.74) is 9.34. The molecule has 0 bridgehead atoms. The molecule has 0 N–H and O–H groups in total. The fourth-order valence-electron chi connectivity index (χ4n) is 6.83. The van der Waals surface area contributed by atoms with Gasteiger partial charge in [-0.15, -0.1) is 0 Å². The summed E-state index contributed by atoms with van der Waals surface area (Å²) in [5, 5.41) is 4.65. The van der Waals surface area contributed by atoms with Gasteiger partial charge in [-0.05, 0) is 80.6 Å². The Balaban J connectivity index is 1.33. The van der Waals surface area contributed by atoms with E-state index in [1.54, 1.807) is 0 Å². The van der Waals surface area contributed by atoms with E-state index in [-0.39, 0.29) is 10.8 Å². The van der Waals surface area contributed by atoms with Crippen molar-refractivity contribution in [2.75, 3.05) is 0 Å². The van der Waals surface area contributed by atoms with Gasteiger partial charge in [0.2, 0.25) is 0 Å². The Morgan fingerprint density at radius 3 is 1.65 bits per heavy atom. The lowest BCUT2D eigenvalue weighted by molar-refractivity contribution is 0.480. The molecule has 0 saturated heterocycles. The summed E-state index contributed by atoms with van der Waals surface area (Å²) in [6.45, 7) is 13.5. The largest absolute Gasteiger partial charge is 0.457 e. The van der Waals surface area contributed by atoms with Crippen LogP contribution in [-0.2, 0) is 16.2 Å². The van der Waals surface area contributed by atoms with E-state index in [1.807, 2.05) is 77.9 Å². The zero-order valence-electron chi connectivity index (χ0n) is 30.3. The molecule has 2 heterocycles. The molecule has 0 unspecified atom stereocenters. The van der Waals surface area contributed by atoms with E-state index in [0.29, 0.717) is 0 Å². The van der Waals surface area contributed by atoms with Gasteiger partial charge in [-0.3, -0.25) is 4.98 Å². The van der Waals surface area contributed by atoms with Crippen LogP contribution in [0.4, 0.5) is 0 Å². The smallest absolute Gasteiger partial charge is 0.129 e. The number of hydrogen-bond acceptors (Lipinski definition) is 3. The maximum Gasteiger partial charge on any atom is 0.129 e. The van der Waals surface area contributed by atoms with Gasteiger partial charge in [0.05, 0.1) is 23.0 Å². The summed E-state index contributed by atoms with van der Waals surface area (Å²) in [6, 6.07) is 51.2. The Bertz CT molecular complexity index is 2160. The first-order chi connectivity index (χ1) is 24.5. The Labute approximate surface area is 302 Å². The SMILES string of the molecule is CC(C)(C)c1ccc(C(c2ccc(C(C)(C)C)cc2)(c2cccc(Oc3cccc(-n4cc(-c5ccccc5)cn4)c3)c2)c2ccccn2)cc1. The molecule has 0 spiro atoms. The Morgan fingerprint density at radius 2 is 1.06 bits per heavy atom. The number of ether oxygens (including phenoxy) is 1. The quantitative estimate of drug-likeness (QED) is 0.151.